The molecule has 11 heavy (non-hydrogen) atoms. The molecule has 0 aliphatic heterocycles. The van der Waals surface area contributed by atoms with Crippen LogP contribution in [0.25, 0.3) is 0 Å². The molecule has 1 aromatic heterocycles. The Morgan fingerprint density at radius 1 is 1.36 bits per heavy atom. The number of methoxy groups -OCH3 is 1. The van der Waals surface area contributed by atoms with Crippen molar-refractivity contribution in [1.82, 2.24) is 0 Å². The van der Waals surface area contributed by atoms with Crippen LogP contribution in [0.1, 0.15) is 0 Å². The Balaban J connectivity index is 3.02. The Bertz CT molecular complexity index is 236. The van der Waals surface area contributed by atoms with Crippen molar-refractivity contribution in [3.05, 3.63) is 11.4 Å². The fourth-order valence-electron chi connectivity index (χ4n) is 1.00. The van der Waals surface area contributed by atoms with Crippen molar-refractivity contribution in [2.24, 2.45) is 0 Å². The molecule has 1 nitrogen and oxygen atoms in total. The third-order valence-corrected chi connectivity index (χ3v) is 11.9. The van der Waals surface area contributed by atoms with Gasteiger partial charge in [0.25, 0.3) is 0 Å². The van der Waals surface area contributed by atoms with Crippen LogP contribution in [0.4, 0.5) is 0 Å². The van der Waals surface area contributed by atoms with Crippen LogP contribution in [0, 0.1) is 0 Å². The molecule has 62 valence electrons. The van der Waals surface area contributed by atoms with Crippen molar-refractivity contribution in [1.29, 1.82) is 0 Å². The number of hydrogen-bond acceptors (Lipinski definition) is 2. The first-order chi connectivity index (χ1) is 5.05. The van der Waals surface area contributed by atoms with Gasteiger partial charge in [-0.25, -0.2) is 0 Å². The third-order valence-electron chi connectivity index (χ3n) is 1.53. The fraction of sp³-hybridized carbons (Fsp3) is 0.500. The summed E-state index contributed by atoms with van der Waals surface area (Å²) in [5.74, 6) is 1.11. The molecule has 0 unspecified atom stereocenters. The van der Waals surface area contributed by atoms with Crippen molar-refractivity contribution < 1.29 is 4.74 Å². The van der Waals surface area contributed by atoms with Crippen molar-refractivity contribution in [3.8, 4) is 5.75 Å². The molecule has 0 spiro atoms. The molecule has 0 atom stereocenters. The van der Waals surface area contributed by atoms with Gasteiger partial charge in [-0.15, -0.1) is 0 Å². The molecular formula is C8H14OSSn. The summed E-state index contributed by atoms with van der Waals surface area (Å²) in [6.45, 7) is 0. The molecule has 1 rings (SSSR count). The van der Waals surface area contributed by atoms with E-state index in [1.807, 2.05) is 11.3 Å². The average molecular weight is 277 g/mol. The molecule has 0 saturated heterocycles. The zero-order valence-electron chi connectivity index (χ0n) is 7.47. The summed E-state index contributed by atoms with van der Waals surface area (Å²) in [5, 5.41) is 2.12. The minimum absolute atomic E-state index is 1.11. The first-order valence-electron chi connectivity index (χ1n) is 3.67. The predicted molar refractivity (Wildman–Crippen MR) is 53.9 cm³/mol. The maximum atomic E-state index is 5.27. The van der Waals surface area contributed by atoms with E-state index in [4.69, 9.17) is 4.74 Å². The van der Waals surface area contributed by atoms with E-state index in [0.717, 1.165) is 5.75 Å². The summed E-state index contributed by atoms with van der Waals surface area (Å²) in [6, 6.07) is 2.07. The number of thiophene rings is 1. The van der Waals surface area contributed by atoms with E-state index in [-0.39, 0.29) is 0 Å². The number of ether oxygens (including phenoxy) is 1. The van der Waals surface area contributed by atoms with E-state index >= 15 is 0 Å². The maximum absolute atomic E-state index is 5.27. The normalized spacial score (nSPS) is 11.6. The Labute approximate surface area is 76.3 Å². The van der Waals surface area contributed by atoms with Gasteiger partial charge >= 0.3 is 76.5 Å². The van der Waals surface area contributed by atoms with Gasteiger partial charge in [0, 0.05) is 0 Å². The van der Waals surface area contributed by atoms with E-state index in [0.29, 0.717) is 0 Å². The Hall–Kier alpha value is 0.299. The monoisotopic (exact) mass is 278 g/mol. The molecule has 0 aliphatic rings. The predicted octanol–water partition coefficient (Wildman–Crippen LogP) is 2.30. The van der Waals surface area contributed by atoms with E-state index in [1.54, 1.807) is 7.11 Å². The third kappa shape index (κ3) is 2.12. The molecule has 1 aromatic rings. The molecule has 0 N–H and O–H groups in total. The van der Waals surface area contributed by atoms with Crippen molar-refractivity contribution in [2.45, 2.75) is 14.8 Å². The zero-order chi connectivity index (χ0) is 8.48. The average Bonchev–Trinajstić information content (AvgIpc) is 2.31. The van der Waals surface area contributed by atoms with Crippen LogP contribution in [0.3, 0.4) is 0 Å². The van der Waals surface area contributed by atoms with Crippen LogP contribution >= 0.6 is 11.3 Å². The first kappa shape index (κ1) is 9.39. The van der Waals surface area contributed by atoms with E-state index in [2.05, 4.69) is 26.3 Å². The SMILES string of the molecule is COc1ccs[c]1[Sn]([CH3])([CH3])[CH3]. The zero-order valence-corrected chi connectivity index (χ0v) is 11.1. The molecule has 0 bridgehead atoms. The first-order valence-corrected chi connectivity index (χ1v) is 14.5. The molecule has 0 saturated carbocycles. The van der Waals surface area contributed by atoms with Gasteiger partial charge in [0.1, 0.15) is 0 Å². The fourth-order valence-corrected chi connectivity index (χ4v) is 8.20. The molecule has 0 aromatic carbocycles. The second kappa shape index (κ2) is 3.35. The summed E-state index contributed by atoms with van der Waals surface area (Å²) in [7, 11) is 1.75. The van der Waals surface area contributed by atoms with Crippen LogP contribution in [0.15, 0.2) is 11.4 Å². The molecular weight excluding hydrogens is 263 g/mol. The van der Waals surface area contributed by atoms with Gasteiger partial charge in [0.2, 0.25) is 0 Å². The topological polar surface area (TPSA) is 9.23 Å². The number of rotatable bonds is 2. The van der Waals surface area contributed by atoms with Gasteiger partial charge in [0.15, 0.2) is 0 Å². The standard InChI is InChI=1S/C5H5OS.3CH3.Sn/c1-6-5-2-3-7-4-5;;;;/h2-3H,1H3;3*1H3;. The Kier molecular flexibility index (Phi) is 2.86. The summed E-state index contributed by atoms with van der Waals surface area (Å²) in [4.78, 5) is 7.22. The second-order valence-corrected chi connectivity index (χ2v) is 19.8. The molecule has 0 amide bonds. The molecule has 0 aliphatic carbocycles. The second-order valence-electron chi connectivity index (χ2n) is 3.57. The van der Waals surface area contributed by atoms with Crippen LogP contribution < -0.4 is 7.63 Å². The summed E-state index contributed by atoms with van der Waals surface area (Å²) < 4.78 is 6.80. The number of hydrogen-bond donors (Lipinski definition) is 0. The molecule has 0 radical (unpaired) electrons. The van der Waals surface area contributed by atoms with Crippen LogP contribution in [-0.4, -0.2) is 25.5 Å². The molecule has 0 fully saturated rings. The van der Waals surface area contributed by atoms with Crippen LogP contribution in [0.2, 0.25) is 14.8 Å². The Morgan fingerprint density at radius 3 is 2.36 bits per heavy atom. The van der Waals surface area contributed by atoms with Gasteiger partial charge in [-0.05, 0) is 0 Å². The molecule has 3 heteroatoms. The minimum atomic E-state index is -1.85. The summed E-state index contributed by atoms with van der Waals surface area (Å²) >= 11 is -0.000521. The van der Waals surface area contributed by atoms with E-state index < -0.39 is 18.4 Å². The quantitative estimate of drug-likeness (QED) is 0.754. The van der Waals surface area contributed by atoms with Gasteiger partial charge in [-0.1, -0.05) is 0 Å². The van der Waals surface area contributed by atoms with Crippen molar-refractivity contribution >= 4 is 32.6 Å². The van der Waals surface area contributed by atoms with Crippen LogP contribution in [0.5, 0.6) is 5.75 Å². The molecule has 1 heterocycles. The van der Waals surface area contributed by atoms with Gasteiger partial charge in [0.05, 0.1) is 0 Å². The summed E-state index contributed by atoms with van der Waals surface area (Å²) in [5.41, 5.74) is 0. The van der Waals surface area contributed by atoms with Gasteiger partial charge in [-0.3, -0.25) is 0 Å². The van der Waals surface area contributed by atoms with E-state index in [9.17, 15) is 0 Å². The summed E-state index contributed by atoms with van der Waals surface area (Å²) in [6.07, 6.45) is 0. The Morgan fingerprint density at radius 2 is 2.00 bits per heavy atom. The van der Waals surface area contributed by atoms with E-state index in [1.165, 1.54) is 2.89 Å². The van der Waals surface area contributed by atoms with Crippen molar-refractivity contribution in [2.75, 3.05) is 7.11 Å². The van der Waals surface area contributed by atoms with Crippen molar-refractivity contribution in [3.63, 3.8) is 0 Å². The van der Waals surface area contributed by atoms with Gasteiger partial charge in [-0.2, -0.15) is 0 Å². The van der Waals surface area contributed by atoms with Gasteiger partial charge < -0.3 is 0 Å². The van der Waals surface area contributed by atoms with Crippen LogP contribution in [-0.2, 0) is 0 Å².